The highest BCUT2D eigenvalue weighted by Gasteiger charge is 2.38. The Morgan fingerprint density at radius 3 is 2.50 bits per heavy atom. The van der Waals surface area contributed by atoms with Gasteiger partial charge in [-0.15, -0.1) is 0 Å². The number of urea groups is 1. The van der Waals surface area contributed by atoms with Crippen LogP contribution in [0, 0.1) is 11.3 Å². The summed E-state index contributed by atoms with van der Waals surface area (Å²) in [5.41, 5.74) is -0.230. The first-order valence-corrected chi connectivity index (χ1v) is 6.97. The molecule has 0 aromatic rings. The molecule has 1 saturated carbocycles. The van der Waals surface area contributed by atoms with Crippen LogP contribution in [-0.2, 0) is 9.59 Å². The Hall–Kier alpha value is -1.72. The first kappa shape index (κ1) is 14.7. The van der Waals surface area contributed by atoms with E-state index in [1.807, 2.05) is 13.8 Å². The van der Waals surface area contributed by atoms with Gasteiger partial charge in [-0.25, -0.2) is 4.79 Å². The molecule has 0 bridgehead atoms. The zero-order valence-electron chi connectivity index (χ0n) is 12.0. The lowest BCUT2D eigenvalue weighted by Crippen LogP contribution is -2.38. The van der Waals surface area contributed by atoms with Crippen molar-refractivity contribution in [2.45, 2.75) is 26.7 Å². The first-order valence-electron chi connectivity index (χ1n) is 6.97. The fourth-order valence-corrected chi connectivity index (χ4v) is 2.65. The number of hydrogen-bond donors (Lipinski definition) is 1. The van der Waals surface area contributed by atoms with Crippen LogP contribution < -0.4 is 5.32 Å². The third-order valence-electron chi connectivity index (χ3n) is 3.70. The van der Waals surface area contributed by atoms with Crippen LogP contribution in [0.4, 0.5) is 4.79 Å². The standard InChI is InChI=1S/C14H21N3O3/c1-14(2)7-11(18)10(12(19)8-14)9-15-3-5-17-6-4-16-13(17)20/h9-10H,3-8H2,1-2H3,(H,16,20). The highest BCUT2D eigenvalue weighted by Crippen LogP contribution is 2.33. The summed E-state index contributed by atoms with van der Waals surface area (Å²) in [5, 5.41) is 2.71. The minimum absolute atomic E-state index is 0.0473. The van der Waals surface area contributed by atoms with E-state index in [1.54, 1.807) is 4.90 Å². The molecule has 0 unspecified atom stereocenters. The van der Waals surface area contributed by atoms with Gasteiger partial charge in [0, 0.05) is 38.7 Å². The molecular weight excluding hydrogens is 258 g/mol. The topological polar surface area (TPSA) is 78.8 Å². The molecule has 1 N–H and O–H groups in total. The summed E-state index contributed by atoms with van der Waals surface area (Å²) >= 11 is 0. The molecule has 0 radical (unpaired) electrons. The van der Waals surface area contributed by atoms with Gasteiger partial charge in [0.15, 0.2) is 0 Å². The number of carbonyl (C=O) groups is 3. The monoisotopic (exact) mass is 279 g/mol. The molecule has 0 aromatic carbocycles. The Labute approximate surface area is 118 Å². The highest BCUT2D eigenvalue weighted by molar-refractivity contribution is 6.16. The number of Topliss-reactive ketones (excluding diaryl/α,β-unsaturated/α-hetero) is 2. The lowest BCUT2D eigenvalue weighted by Gasteiger charge is -2.30. The molecule has 6 nitrogen and oxygen atoms in total. The van der Waals surface area contributed by atoms with E-state index >= 15 is 0 Å². The van der Waals surface area contributed by atoms with E-state index < -0.39 is 5.92 Å². The number of carbonyl (C=O) groups excluding carboxylic acids is 3. The van der Waals surface area contributed by atoms with Crippen LogP contribution in [0.2, 0.25) is 0 Å². The summed E-state index contributed by atoms with van der Waals surface area (Å²) in [6.45, 7) is 6.15. The van der Waals surface area contributed by atoms with Crippen molar-refractivity contribution < 1.29 is 14.4 Å². The van der Waals surface area contributed by atoms with Crippen LogP contribution in [-0.4, -0.2) is 54.9 Å². The second-order valence-electron chi connectivity index (χ2n) is 6.20. The zero-order chi connectivity index (χ0) is 14.8. The largest absolute Gasteiger partial charge is 0.336 e. The van der Waals surface area contributed by atoms with E-state index in [-0.39, 0.29) is 23.0 Å². The van der Waals surface area contributed by atoms with E-state index in [0.717, 1.165) is 0 Å². The molecule has 2 fully saturated rings. The van der Waals surface area contributed by atoms with Crippen molar-refractivity contribution in [2.75, 3.05) is 26.2 Å². The van der Waals surface area contributed by atoms with Crippen molar-refractivity contribution in [3.05, 3.63) is 0 Å². The smallest absolute Gasteiger partial charge is 0.317 e. The minimum Gasteiger partial charge on any atom is -0.336 e. The van der Waals surface area contributed by atoms with E-state index in [0.29, 0.717) is 39.0 Å². The van der Waals surface area contributed by atoms with Gasteiger partial charge in [-0.05, 0) is 5.41 Å². The quantitative estimate of drug-likeness (QED) is 0.606. The number of hydrogen-bond acceptors (Lipinski definition) is 4. The number of ketones is 2. The molecule has 1 aliphatic heterocycles. The van der Waals surface area contributed by atoms with Crippen molar-refractivity contribution in [2.24, 2.45) is 16.3 Å². The molecule has 6 heteroatoms. The lowest BCUT2D eigenvalue weighted by atomic mass is 9.72. The van der Waals surface area contributed by atoms with Crippen molar-refractivity contribution in [1.29, 1.82) is 0 Å². The maximum atomic E-state index is 11.9. The fourth-order valence-electron chi connectivity index (χ4n) is 2.65. The molecule has 0 atom stereocenters. The Balaban J connectivity index is 1.83. The van der Waals surface area contributed by atoms with E-state index in [9.17, 15) is 14.4 Å². The average Bonchev–Trinajstić information content (AvgIpc) is 2.71. The molecule has 2 amide bonds. The van der Waals surface area contributed by atoms with Gasteiger partial charge in [-0.2, -0.15) is 0 Å². The third kappa shape index (κ3) is 3.43. The summed E-state index contributed by atoms with van der Waals surface area (Å²) in [4.78, 5) is 41.0. The van der Waals surface area contributed by atoms with Gasteiger partial charge in [-0.1, -0.05) is 13.8 Å². The molecule has 20 heavy (non-hydrogen) atoms. The van der Waals surface area contributed by atoms with Crippen LogP contribution in [0.3, 0.4) is 0 Å². The maximum absolute atomic E-state index is 11.9. The number of aliphatic imine (C=N–C) groups is 1. The molecule has 1 saturated heterocycles. The molecule has 2 rings (SSSR count). The zero-order valence-corrected chi connectivity index (χ0v) is 12.0. The molecule has 0 spiro atoms. The van der Waals surface area contributed by atoms with E-state index in [2.05, 4.69) is 10.3 Å². The molecule has 0 aromatic heterocycles. The van der Waals surface area contributed by atoms with Gasteiger partial charge in [0.05, 0.1) is 6.54 Å². The predicted octanol–water partition coefficient (Wildman–Crippen LogP) is 0.657. The number of amides is 2. The average molecular weight is 279 g/mol. The van der Waals surface area contributed by atoms with E-state index in [1.165, 1.54) is 6.21 Å². The molecule has 1 heterocycles. The SMILES string of the molecule is CC1(C)CC(=O)C(C=NCCN2CCNC2=O)C(=O)C1. The first-order chi connectivity index (χ1) is 9.39. The summed E-state index contributed by atoms with van der Waals surface area (Å²) in [5.74, 6) is -0.779. The third-order valence-corrected chi connectivity index (χ3v) is 3.70. The molecular formula is C14H21N3O3. The van der Waals surface area contributed by atoms with Crippen LogP contribution >= 0.6 is 0 Å². The number of nitrogens with zero attached hydrogens (tertiary/aromatic N) is 2. The Kier molecular flexibility index (Phi) is 4.20. The van der Waals surface area contributed by atoms with Gasteiger partial charge in [0.1, 0.15) is 17.5 Å². The summed E-state index contributed by atoms with van der Waals surface area (Å²) in [6.07, 6.45) is 2.31. The summed E-state index contributed by atoms with van der Waals surface area (Å²) in [7, 11) is 0. The Morgan fingerprint density at radius 1 is 1.30 bits per heavy atom. The van der Waals surface area contributed by atoms with Crippen molar-refractivity contribution in [3.63, 3.8) is 0 Å². The highest BCUT2D eigenvalue weighted by atomic mass is 16.2. The predicted molar refractivity (Wildman–Crippen MR) is 74.8 cm³/mol. The molecule has 1 aliphatic carbocycles. The maximum Gasteiger partial charge on any atom is 0.317 e. The minimum atomic E-state index is -0.685. The van der Waals surface area contributed by atoms with Crippen LogP contribution in [0.1, 0.15) is 26.7 Å². The second kappa shape index (κ2) is 5.73. The second-order valence-corrected chi connectivity index (χ2v) is 6.20. The van der Waals surface area contributed by atoms with Crippen molar-refractivity contribution >= 4 is 23.8 Å². The van der Waals surface area contributed by atoms with Gasteiger partial charge in [-0.3, -0.25) is 14.6 Å². The van der Waals surface area contributed by atoms with Crippen LogP contribution in [0.25, 0.3) is 0 Å². The summed E-state index contributed by atoms with van der Waals surface area (Å²) < 4.78 is 0. The Morgan fingerprint density at radius 2 is 1.95 bits per heavy atom. The van der Waals surface area contributed by atoms with Crippen molar-refractivity contribution in [1.82, 2.24) is 10.2 Å². The molecule has 2 aliphatic rings. The lowest BCUT2D eigenvalue weighted by molar-refractivity contribution is -0.136. The van der Waals surface area contributed by atoms with Crippen molar-refractivity contribution in [3.8, 4) is 0 Å². The van der Waals surface area contributed by atoms with Gasteiger partial charge < -0.3 is 10.2 Å². The van der Waals surface area contributed by atoms with Gasteiger partial charge in [0.2, 0.25) is 0 Å². The van der Waals surface area contributed by atoms with Crippen LogP contribution in [0.15, 0.2) is 4.99 Å². The number of rotatable bonds is 4. The fraction of sp³-hybridized carbons (Fsp3) is 0.714. The van der Waals surface area contributed by atoms with Gasteiger partial charge in [0.25, 0.3) is 0 Å². The normalized spacial score (nSPS) is 23.7. The number of nitrogens with one attached hydrogen (secondary N) is 1. The summed E-state index contributed by atoms with van der Waals surface area (Å²) in [6, 6.07) is -0.0771. The Bertz CT molecular complexity index is 437. The van der Waals surface area contributed by atoms with Crippen LogP contribution in [0.5, 0.6) is 0 Å². The molecule has 110 valence electrons. The van der Waals surface area contributed by atoms with Gasteiger partial charge >= 0.3 is 6.03 Å². The van der Waals surface area contributed by atoms with E-state index in [4.69, 9.17) is 0 Å².